The van der Waals surface area contributed by atoms with Crippen molar-refractivity contribution in [2.75, 3.05) is 6.54 Å². The van der Waals surface area contributed by atoms with Crippen LogP contribution >= 0.6 is 12.2 Å². The van der Waals surface area contributed by atoms with Gasteiger partial charge in [-0.25, -0.2) is 9.67 Å². The van der Waals surface area contributed by atoms with Crippen molar-refractivity contribution in [1.82, 2.24) is 34.8 Å². The number of nitrogens with zero attached hydrogens (tertiary/aromatic N) is 5. The highest BCUT2D eigenvalue weighted by molar-refractivity contribution is 7.71. The minimum Gasteiger partial charge on any atom is -0.352 e. The van der Waals surface area contributed by atoms with Crippen LogP contribution in [0.3, 0.4) is 0 Å². The minimum atomic E-state index is -0.217. The molecule has 0 spiro atoms. The van der Waals surface area contributed by atoms with E-state index in [9.17, 15) is 4.79 Å². The lowest BCUT2D eigenvalue weighted by molar-refractivity contribution is 0.0955. The van der Waals surface area contributed by atoms with Crippen molar-refractivity contribution < 1.29 is 4.79 Å². The van der Waals surface area contributed by atoms with Crippen LogP contribution in [0.2, 0.25) is 0 Å². The van der Waals surface area contributed by atoms with Crippen LogP contribution in [-0.2, 0) is 18.5 Å². The Balaban J connectivity index is 1.64. The van der Waals surface area contributed by atoms with E-state index in [0.717, 1.165) is 47.6 Å². The van der Waals surface area contributed by atoms with Crippen LogP contribution in [0.15, 0.2) is 6.07 Å². The van der Waals surface area contributed by atoms with Crippen LogP contribution in [0.4, 0.5) is 0 Å². The van der Waals surface area contributed by atoms with E-state index < -0.39 is 0 Å². The van der Waals surface area contributed by atoms with E-state index in [0.29, 0.717) is 29.2 Å². The first-order valence-corrected chi connectivity index (χ1v) is 10.9. The molecule has 1 aliphatic rings. The summed E-state index contributed by atoms with van der Waals surface area (Å²) in [7, 11) is 0. The zero-order valence-corrected chi connectivity index (χ0v) is 19.1. The molecule has 1 aliphatic carbocycles. The molecule has 8 nitrogen and oxygen atoms in total. The molecule has 0 atom stereocenters. The largest absolute Gasteiger partial charge is 0.352 e. The standard InChI is InChI=1S/C21H29N7OS/c1-6-27-16(24-25-20(27)30)9-10-22-19(29)14-11-15(13-7-8-13)23-18-17(14)12(2)26-28(18)21(3,4)5/h11,13H,6-10H2,1-5H3,(H,22,29)(H,25,30). The summed E-state index contributed by atoms with van der Waals surface area (Å²) in [5, 5.41) is 15.7. The molecular formula is C21H29N7OS. The lowest BCUT2D eigenvalue weighted by Crippen LogP contribution is -2.27. The molecule has 0 unspecified atom stereocenters. The summed E-state index contributed by atoms with van der Waals surface area (Å²) in [5.74, 6) is 1.19. The number of fused-ring (bicyclic) bond motifs is 1. The van der Waals surface area contributed by atoms with Crippen molar-refractivity contribution in [2.45, 2.75) is 71.9 Å². The first-order chi connectivity index (χ1) is 14.2. The number of H-pyrrole nitrogens is 1. The molecule has 2 N–H and O–H groups in total. The molecule has 3 aromatic rings. The fourth-order valence-corrected chi connectivity index (χ4v) is 4.07. The summed E-state index contributed by atoms with van der Waals surface area (Å²) < 4.78 is 4.49. The van der Waals surface area contributed by atoms with E-state index in [1.165, 1.54) is 0 Å². The number of hydrogen-bond donors (Lipinski definition) is 2. The number of aryl methyl sites for hydroxylation is 1. The van der Waals surface area contributed by atoms with Crippen molar-refractivity contribution >= 4 is 29.2 Å². The molecule has 9 heteroatoms. The molecule has 0 aliphatic heterocycles. The number of carbonyl (C=O) groups is 1. The topological polar surface area (TPSA) is 93.4 Å². The maximum atomic E-state index is 13.2. The fraction of sp³-hybridized carbons (Fsp3) is 0.571. The van der Waals surface area contributed by atoms with Gasteiger partial charge in [-0.05, 0) is 65.7 Å². The van der Waals surface area contributed by atoms with Gasteiger partial charge >= 0.3 is 0 Å². The molecule has 0 bridgehead atoms. The van der Waals surface area contributed by atoms with Crippen LogP contribution < -0.4 is 5.32 Å². The lowest BCUT2D eigenvalue weighted by Gasteiger charge is -2.20. The Morgan fingerprint density at radius 2 is 2.10 bits per heavy atom. The van der Waals surface area contributed by atoms with Crippen molar-refractivity contribution in [3.63, 3.8) is 0 Å². The Morgan fingerprint density at radius 3 is 2.73 bits per heavy atom. The zero-order valence-electron chi connectivity index (χ0n) is 18.2. The van der Waals surface area contributed by atoms with Crippen LogP contribution in [0.5, 0.6) is 0 Å². The zero-order chi connectivity index (χ0) is 21.6. The Bertz CT molecular complexity index is 1160. The fourth-order valence-electron chi connectivity index (χ4n) is 3.79. The van der Waals surface area contributed by atoms with Gasteiger partial charge < -0.3 is 9.88 Å². The second-order valence-corrected chi connectivity index (χ2v) is 9.32. The van der Waals surface area contributed by atoms with Gasteiger partial charge in [-0.1, -0.05) is 0 Å². The van der Waals surface area contributed by atoms with Crippen LogP contribution in [-0.4, -0.2) is 42.0 Å². The third-order valence-corrected chi connectivity index (χ3v) is 5.81. The van der Waals surface area contributed by atoms with Gasteiger partial charge in [-0.15, -0.1) is 0 Å². The summed E-state index contributed by atoms with van der Waals surface area (Å²) in [6.45, 7) is 11.5. The normalized spacial score (nSPS) is 14.4. The van der Waals surface area contributed by atoms with E-state index in [2.05, 4.69) is 36.3 Å². The number of pyridine rings is 1. The maximum absolute atomic E-state index is 13.2. The average molecular weight is 428 g/mol. The Kier molecular flexibility index (Phi) is 5.25. The third kappa shape index (κ3) is 3.78. The molecule has 0 radical (unpaired) electrons. The number of aromatic amines is 1. The number of aromatic nitrogens is 6. The summed E-state index contributed by atoms with van der Waals surface area (Å²) in [6.07, 6.45) is 2.86. The second-order valence-electron chi connectivity index (χ2n) is 8.93. The molecule has 1 saturated carbocycles. The quantitative estimate of drug-likeness (QED) is 0.586. The van der Waals surface area contributed by atoms with Crippen molar-refractivity contribution in [1.29, 1.82) is 0 Å². The monoisotopic (exact) mass is 427 g/mol. The van der Waals surface area contributed by atoms with Gasteiger partial charge in [0.25, 0.3) is 5.91 Å². The molecule has 0 saturated heterocycles. The van der Waals surface area contributed by atoms with Gasteiger partial charge in [0, 0.05) is 31.1 Å². The molecule has 4 rings (SSSR count). The van der Waals surface area contributed by atoms with Gasteiger partial charge in [0.15, 0.2) is 10.4 Å². The predicted octanol–water partition coefficient (Wildman–Crippen LogP) is 3.62. The molecule has 160 valence electrons. The number of rotatable bonds is 6. The Hall–Kier alpha value is -2.55. The smallest absolute Gasteiger partial charge is 0.252 e. The Labute approximate surface area is 181 Å². The number of amides is 1. The maximum Gasteiger partial charge on any atom is 0.252 e. The van der Waals surface area contributed by atoms with Crippen LogP contribution in [0, 0.1) is 11.7 Å². The molecule has 1 fully saturated rings. The van der Waals surface area contributed by atoms with Crippen molar-refractivity contribution in [3.8, 4) is 0 Å². The predicted molar refractivity (Wildman–Crippen MR) is 118 cm³/mol. The highest BCUT2D eigenvalue weighted by Crippen LogP contribution is 2.40. The summed E-state index contributed by atoms with van der Waals surface area (Å²) in [4.78, 5) is 18.1. The summed E-state index contributed by atoms with van der Waals surface area (Å²) in [6, 6.07) is 1.96. The van der Waals surface area contributed by atoms with Gasteiger partial charge in [0.2, 0.25) is 0 Å². The van der Waals surface area contributed by atoms with Gasteiger partial charge in [0.05, 0.1) is 22.2 Å². The van der Waals surface area contributed by atoms with E-state index in [1.807, 2.05) is 29.2 Å². The summed E-state index contributed by atoms with van der Waals surface area (Å²) >= 11 is 5.24. The van der Waals surface area contributed by atoms with Gasteiger partial charge in [-0.2, -0.15) is 10.2 Å². The van der Waals surface area contributed by atoms with Gasteiger partial charge in [-0.3, -0.25) is 9.89 Å². The highest BCUT2D eigenvalue weighted by atomic mass is 32.1. The number of hydrogen-bond acceptors (Lipinski definition) is 5. The van der Waals surface area contributed by atoms with Crippen LogP contribution in [0.1, 0.15) is 74.0 Å². The van der Waals surface area contributed by atoms with E-state index >= 15 is 0 Å². The Morgan fingerprint density at radius 1 is 1.37 bits per heavy atom. The van der Waals surface area contributed by atoms with E-state index in [4.69, 9.17) is 22.3 Å². The van der Waals surface area contributed by atoms with E-state index in [1.54, 1.807) is 0 Å². The first-order valence-electron chi connectivity index (χ1n) is 10.5. The highest BCUT2D eigenvalue weighted by Gasteiger charge is 2.30. The molecule has 3 aromatic heterocycles. The third-order valence-electron chi connectivity index (χ3n) is 5.50. The summed E-state index contributed by atoms with van der Waals surface area (Å²) in [5.41, 5.74) is 3.05. The van der Waals surface area contributed by atoms with Crippen LogP contribution in [0.25, 0.3) is 11.0 Å². The number of nitrogens with one attached hydrogen (secondary N) is 2. The minimum absolute atomic E-state index is 0.0990. The lowest BCUT2D eigenvalue weighted by atomic mass is 10.1. The average Bonchev–Trinajstić information content (AvgIpc) is 3.40. The molecule has 3 heterocycles. The molecular weight excluding hydrogens is 398 g/mol. The van der Waals surface area contributed by atoms with Crippen molar-refractivity contribution in [2.24, 2.45) is 0 Å². The van der Waals surface area contributed by atoms with E-state index in [-0.39, 0.29) is 11.4 Å². The van der Waals surface area contributed by atoms with Gasteiger partial charge in [0.1, 0.15) is 5.82 Å². The second kappa shape index (κ2) is 7.61. The SMILES string of the molecule is CCn1c(CCNC(=O)c2cc(C3CC3)nc3c2c(C)nn3C(C)(C)C)n[nH]c1=S. The molecule has 1 amide bonds. The number of carbonyl (C=O) groups excluding carboxylic acids is 1. The first kappa shape index (κ1) is 20.7. The molecule has 0 aromatic carbocycles. The molecule has 30 heavy (non-hydrogen) atoms. The van der Waals surface area contributed by atoms with Crippen molar-refractivity contribution in [3.05, 3.63) is 33.6 Å².